The number of aliphatic carboxylic acids is 2. The van der Waals surface area contributed by atoms with Gasteiger partial charge in [-0.05, 0) is 0 Å². The maximum atomic E-state index is 9.24. The molecule has 5 nitrogen and oxygen atoms in total. The maximum absolute atomic E-state index is 9.24. The van der Waals surface area contributed by atoms with E-state index >= 15 is 0 Å². The fraction of sp³-hybridized carbons (Fsp3) is 0.500. The quantitative estimate of drug-likeness (QED) is 0.461. The van der Waals surface area contributed by atoms with Gasteiger partial charge >= 0.3 is 11.9 Å². The van der Waals surface area contributed by atoms with Crippen LogP contribution in [0.15, 0.2) is 0 Å². The van der Waals surface area contributed by atoms with Crippen molar-refractivity contribution in [1.29, 1.82) is 0 Å². The molecular weight excluding hydrogens is 274 g/mol. The molecule has 0 aromatic rings. The average Bonchev–Trinajstić information content (AvgIpc) is 1.89. The van der Waals surface area contributed by atoms with Gasteiger partial charge in [0.05, 0.1) is 6.54 Å². The summed E-state index contributed by atoms with van der Waals surface area (Å²) in [5.74, 6) is -2.25. The first-order valence-corrected chi connectivity index (χ1v) is 2.77. The molecule has 0 unspecified atom stereocenters. The number of nitrogens with two attached hydrogens (primary N) is 1. The Labute approximate surface area is 88.7 Å². The molecule has 0 aromatic carbocycles. The van der Waals surface area contributed by atoms with Crippen LogP contribution in [-0.2, 0) is 36.9 Å². The second-order valence-corrected chi connectivity index (χ2v) is 1.39. The van der Waals surface area contributed by atoms with Crippen LogP contribution < -0.4 is 5.73 Å². The number of carbonyl (C=O) groups is 2. The van der Waals surface area contributed by atoms with E-state index in [1.165, 1.54) is 0 Å². The number of carboxylic acid groups (broad SMARTS) is 2. The van der Waals surface area contributed by atoms with E-state index in [0.29, 0.717) is 0 Å². The molecule has 0 heterocycles. The first-order valence-electron chi connectivity index (χ1n) is 2.24. The van der Waals surface area contributed by atoms with Crippen LogP contribution in [0.1, 0.15) is 0 Å². The summed E-state index contributed by atoms with van der Waals surface area (Å²) in [5.41, 5.74) is 4.57. The van der Waals surface area contributed by atoms with E-state index in [1.807, 2.05) is 0 Å². The largest absolute Gasteiger partial charge is 0.480 e. The predicted octanol–water partition coefficient (Wildman–Crippen LogP) is -0.663. The van der Waals surface area contributed by atoms with Crippen molar-refractivity contribution in [3.63, 3.8) is 0 Å². The summed E-state index contributed by atoms with van der Waals surface area (Å²) >= 11 is 4.74. The normalized spacial score (nSPS) is 6.73. The minimum atomic E-state index is -0.980. The monoisotopic (exact) mass is 283 g/mol. The van der Waals surface area contributed by atoms with E-state index in [9.17, 15) is 9.59 Å². The zero-order valence-electron chi connectivity index (χ0n) is 5.79. The summed E-state index contributed by atoms with van der Waals surface area (Å²) < 4.78 is 0. The summed E-state index contributed by atoms with van der Waals surface area (Å²) in [6.45, 7) is -0.278. The van der Waals surface area contributed by atoms with Crippen molar-refractivity contribution in [3.05, 3.63) is 0 Å². The number of hydrogen-bond acceptors (Lipinski definition) is 3. The van der Waals surface area contributed by atoms with Gasteiger partial charge in [-0.2, -0.15) is 0 Å². The number of alkyl halides is 1. The Balaban J connectivity index is -0.000000107. The van der Waals surface area contributed by atoms with E-state index < -0.39 is 11.9 Å². The molecule has 0 aliphatic rings. The maximum Gasteiger partial charge on any atom is 0.318 e. The second-order valence-electron chi connectivity index (χ2n) is 1.13. The second kappa shape index (κ2) is 12.8. The van der Waals surface area contributed by atoms with Crippen molar-refractivity contribution in [2.75, 3.05) is 12.4 Å². The molecular formula is C4H8CdClNO4. The molecule has 0 saturated carbocycles. The van der Waals surface area contributed by atoms with Crippen molar-refractivity contribution in [3.8, 4) is 0 Å². The van der Waals surface area contributed by atoms with Gasteiger partial charge in [0.15, 0.2) is 0 Å². The minimum Gasteiger partial charge on any atom is -0.480 e. The summed E-state index contributed by atoms with van der Waals surface area (Å²) in [7, 11) is 0. The van der Waals surface area contributed by atoms with E-state index in [2.05, 4.69) is 5.73 Å². The van der Waals surface area contributed by atoms with Crippen LogP contribution in [0, 0.1) is 0 Å². The van der Waals surface area contributed by atoms with E-state index in [4.69, 9.17) is 21.8 Å². The van der Waals surface area contributed by atoms with Crippen LogP contribution in [0.5, 0.6) is 0 Å². The van der Waals surface area contributed by atoms with Crippen LogP contribution in [0.25, 0.3) is 0 Å². The molecule has 0 atom stereocenters. The molecule has 0 aliphatic carbocycles. The molecule has 4 N–H and O–H groups in total. The van der Waals surface area contributed by atoms with Crippen LogP contribution in [-0.4, -0.2) is 34.6 Å². The smallest absolute Gasteiger partial charge is 0.318 e. The van der Waals surface area contributed by atoms with Gasteiger partial charge in [0, 0.05) is 27.3 Å². The van der Waals surface area contributed by atoms with Crippen LogP contribution in [0.2, 0.25) is 0 Å². The number of halogens is 1. The molecule has 0 spiro atoms. The molecule has 0 aromatic heterocycles. The fourth-order valence-corrected chi connectivity index (χ4v) is 0. The number of carboxylic acids is 2. The molecule has 0 aliphatic heterocycles. The Morgan fingerprint density at radius 3 is 1.45 bits per heavy atom. The van der Waals surface area contributed by atoms with Crippen LogP contribution in [0.3, 0.4) is 0 Å². The van der Waals surface area contributed by atoms with Crippen LogP contribution in [0.4, 0.5) is 0 Å². The molecule has 62 valence electrons. The summed E-state index contributed by atoms with van der Waals surface area (Å²) in [6.07, 6.45) is 0. The Morgan fingerprint density at radius 2 is 1.45 bits per heavy atom. The van der Waals surface area contributed by atoms with Gasteiger partial charge in [-0.3, -0.25) is 9.59 Å². The van der Waals surface area contributed by atoms with Gasteiger partial charge in [0.25, 0.3) is 0 Å². The standard InChI is InChI=1S/C2H3ClO2.C2H5NO2.Cd/c2*3-1-2(4)5;/h1H2,(H,4,5);1,3H2,(H,4,5);. The summed E-state index contributed by atoms with van der Waals surface area (Å²) in [6, 6.07) is 0. The Hall–Kier alpha value is 0.112. The molecule has 0 bridgehead atoms. The summed E-state index contributed by atoms with van der Waals surface area (Å²) in [4.78, 5) is 18.5. The molecule has 0 radical (unpaired) electrons. The van der Waals surface area contributed by atoms with E-state index in [1.54, 1.807) is 0 Å². The first-order chi connectivity index (χ1) is 4.54. The molecule has 0 fully saturated rings. The van der Waals surface area contributed by atoms with Crippen molar-refractivity contribution in [1.82, 2.24) is 0 Å². The molecule has 0 amide bonds. The van der Waals surface area contributed by atoms with E-state index in [-0.39, 0.29) is 39.7 Å². The van der Waals surface area contributed by atoms with Gasteiger partial charge in [-0.25, -0.2) is 0 Å². The Morgan fingerprint density at radius 1 is 1.27 bits per heavy atom. The Kier molecular flexibility index (Phi) is 20.0. The van der Waals surface area contributed by atoms with Crippen molar-refractivity contribution >= 4 is 23.5 Å². The van der Waals surface area contributed by atoms with E-state index in [0.717, 1.165) is 0 Å². The van der Waals surface area contributed by atoms with Gasteiger partial charge in [0.2, 0.25) is 0 Å². The van der Waals surface area contributed by atoms with Gasteiger partial charge in [-0.1, -0.05) is 0 Å². The third-order valence-corrected chi connectivity index (χ3v) is 0.518. The fourth-order valence-electron chi connectivity index (χ4n) is 0. The topological polar surface area (TPSA) is 101 Å². The number of rotatable bonds is 2. The SMILES string of the molecule is NCC(=O)O.O=C(O)CCl.[Cd]. The molecule has 11 heavy (non-hydrogen) atoms. The third kappa shape index (κ3) is 39.4. The summed E-state index contributed by atoms with van der Waals surface area (Å²) in [5, 5.41) is 15.2. The molecule has 7 heteroatoms. The van der Waals surface area contributed by atoms with Gasteiger partial charge in [0.1, 0.15) is 5.88 Å². The minimum absolute atomic E-state index is 0. The Bertz CT molecular complexity index is 107. The zero-order valence-corrected chi connectivity index (χ0v) is 10.6. The predicted molar refractivity (Wildman–Crippen MR) is 35.0 cm³/mol. The van der Waals surface area contributed by atoms with Crippen molar-refractivity contribution in [2.45, 2.75) is 0 Å². The third-order valence-electron chi connectivity index (χ3n) is 0.289. The van der Waals surface area contributed by atoms with Gasteiger partial charge < -0.3 is 15.9 Å². The first kappa shape index (κ1) is 17.3. The van der Waals surface area contributed by atoms with Crippen molar-refractivity contribution < 1.29 is 47.1 Å². The molecule has 0 rings (SSSR count). The van der Waals surface area contributed by atoms with Crippen LogP contribution >= 0.6 is 11.6 Å². The van der Waals surface area contributed by atoms with Crippen molar-refractivity contribution in [2.24, 2.45) is 5.73 Å². The average molecular weight is 282 g/mol. The number of hydrogen-bond donors (Lipinski definition) is 3. The molecule has 0 saturated heterocycles. The zero-order chi connectivity index (χ0) is 8.57. The van der Waals surface area contributed by atoms with Gasteiger partial charge in [-0.15, -0.1) is 11.6 Å².